The third-order valence-corrected chi connectivity index (χ3v) is 5.64. The third-order valence-electron chi connectivity index (χ3n) is 3.84. The van der Waals surface area contributed by atoms with Crippen molar-refractivity contribution >= 4 is 64.1 Å². The first-order valence-electron chi connectivity index (χ1n) is 7.25. The second-order valence-corrected chi connectivity index (χ2v) is 6.80. The van der Waals surface area contributed by atoms with E-state index >= 15 is 0 Å². The Hall–Kier alpha value is -1.01. The Morgan fingerprint density at radius 2 is 1.33 bits per heavy atom. The average Bonchev–Trinajstić information content (AvgIpc) is 2.80. The Labute approximate surface area is 159 Å². The van der Waals surface area contributed by atoms with Gasteiger partial charge in [0.1, 0.15) is 6.54 Å². The van der Waals surface area contributed by atoms with Crippen LogP contribution in [0.5, 0.6) is 0 Å². The maximum absolute atomic E-state index is 12.5. The predicted octanol–water partition coefficient (Wildman–Crippen LogP) is 4.20. The highest BCUT2D eigenvalue weighted by Crippen LogP contribution is 2.44. The number of nitrogens with zero attached hydrogens (tertiary/aromatic N) is 1. The Kier molecular flexibility index (Phi) is 6.02. The smallest absolute Gasteiger partial charge is 0.263 e. The van der Waals surface area contributed by atoms with E-state index in [0.717, 1.165) is 17.7 Å². The summed E-state index contributed by atoms with van der Waals surface area (Å²) in [4.78, 5) is 37.9. The molecule has 0 unspecified atom stereocenters. The fourth-order valence-corrected chi connectivity index (χ4v) is 3.46. The molecule has 1 aromatic carbocycles. The van der Waals surface area contributed by atoms with Gasteiger partial charge in [-0.2, -0.15) is 0 Å². The van der Waals surface area contributed by atoms with Crippen molar-refractivity contribution in [3.8, 4) is 0 Å². The van der Waals surface area contributed by atoms with Crippen LogP contribution in [-0.4, -0.2) is 35.2 Å². The maximum Gasteiger partial charge on any atom is 0.263 e. The first kappa shape index (κ1) is 19.3. The van der Waals surface area contributed by atoms with Gasteiger partial charge in [0.15, 0.2) is 0 Å². The number of fused-ring (bicyclic) bond motifs is 1. The molecule has 0 fully saturated rings. The van der Waals surface area contributed by atoms with Crippen LogP contribution in [0.15, 0.2) is 0 Å². The average molecular weight is 412 g/mol. The molecule has 0 aliphatic carbocycles. The summed E-state index contributed by atoms with van der Waals surface area (Å²) in [6.45, 7) is 3.44. The Bertz CT molecular complexity index is 685. The van der Waals surface area contributed by atoms with Crippen LogP contribution in [0.2, 0.25) is 20.1 Å². The van der Waals surface area contributed by atoms with Gasteiger partial charge < -0.3 is 5.32 Å². The first-order chi connectivity index (χ1) is 11.2. The van der Waals surface area contributed by atoms with Crippen molar-refractivity contribution in [2.75, 3.05) is 6.54 Å². The number of amides is 3. The fourth-order valence-electron chi connectivity index (χ4n) is 2.45. The van der Waals surface area contributed by atoms with E-state index in [1.54, 1.807) is 0 Å². The molecule has 0 saturated carbocycles. The van der Waals surface area contributed by atoms with Crippen molar-refractivity contribution in [2.24, 2.45) is 0 Å². The lowest BCUT2D eigenvalue weighted by Gasteiger charge is -2.18. The topological polar surface area (TPSA) is 66.5 Å². The quantitative estimate of drug-likeness (QED) is 0.448. The summed E-state index contributed by atoms with van der Waals surface area (Å²) in [6, 6.07) is -0.0243. The molecular formula is C15H14Cl4N2O3. The molecule has 1 heterocycles. The van der Waals surface area contributed by atoms with E-state index < -0.39 is 24.3 Å². The largest absolute Gasteiger partial charge is 0.352 e. The Balaban J connectivity index is 2.32. The molecule has 2 rings (SSSR count). The van der Waals surface area contributed by atoms with Crippen LogP contribution in [0.3, 0.4) is 0 Å². The molecule has 0 aromatic heterocycles. The minimum atomic E-state index is -0.722. The van der Waals surface area contributed by atoms with E-state index in [1.165, 1.54) is 0 Å². The second-order valence-electron chi connectivity index (χ2n) is 5.28. The van der Waals surface area contributed by atoms with Crippen LogP contribution in [0.4, 0.5) is 0 Å². The summed E-state index contributed by atoms with van der Waals surface area (Å²) in [5.74, 6) is -1.89. The monoisotopic (exact) mass is 410 g/mol. The summed E-state index contributed by atoms with van der Waals surface area (Å²) >= 11 is 23.9. The normalized spacial score (nSPS) is 13.7. The van der Waals surface area contributed by atoms with E-state index in [1.807, 2.05) is 13.8 Å². The zero-order valence-corrected chi connectivity index (χ0v) is 15.9. The molecule has 0 bridgehead atoms. The highest BCUT2D eigenvalue weighted by Gasteiger charge is 2.42. The summed E-state index contributed by atoms with van der Waals surface area (Å²) in [6.07, 6.45) is 1.49. The molecule has 1 N–H and O–H groups in total. The molecule has 1 aromatic rings. The van der Waals surface area contributed by atoms with Crippen LogP contribution in [-0.2, 0) is 4.79 Å². The van der Waals surface area contributed by atoms with E-state index in [0.29, 0.717) is 0 Å². The molecule has 1 aliphatic rings. The molecule has 0 atom stereocenters. The lowest BCUT2D eigenvalue weighted by Crippen LogP contribution is -2.43. The number of hydrogen-bond donors (Lipinski definition) is 1. The van der Waals surface area contributed by atoms with Crippen LogP contribution >= 0.6 is 46.4 Å². The molecule has 5 nitrogen and oxygen atoms in total. The summed E-state index contributed by atoms with van der Waals surface area (Å²) in [7, 11) is 0. The van der Waals surface area contributed by atoms with Crippen molar-refractivity contribution in [3.05, 3.63) is 31.2 Å². The maximum atomic E-state index is 12.5. The Morgan fingerprint density at radius 3 is 1.71 bits per heavy atom. The van der Waals surface area contributed by atoms with Gasteiger partial charge in [-0.15, -0.1) is 0 Å². The highest BCUT2D eigenvalue weighted by atomic mass is 35.5. The highest BCUT2D eigenvalue weighted by molar-refractivity contribution is 6.55. The van der Waals surface area contributed by atoms with E-state index in [4.69, 9.17) is 46.4 Å². The molecule has 9 heteroatoms. The van der Waals surface area contributed by atoms with Gasteiger partial charge in [-0.25, -0.2) is 0 Å². The SMILES string of the molecule is CCC(CC)NC(=O)CN1C(=O)c2c(Cl)c(Cl)c(Cl)c(Cl)c2C1=O. The van der Waals surface area contributed by atoms with E-state index in [9.17, 15) is 14.4 Å². The molecule has 0 spiro atoms. The van der Waals surface area contributed by atoms with Crippen molar-refractivity contribution in [3.63, 3.8) is 0 Å². The molecule has 3 amide bonds. The van der Waals surface area contributed by atoms with Crippen molar-refractivity contribution in [1.29, 1.82) is 0 Å². The van der Waals surface area contributed by atoms with Gasteiger partial charge in [-0.3, -0.25) is 19.3 Å². The van der Waals surface area contributed by atoms with Gasteiger partial charge >= 0.3 is 0 Å². The van der Waals surface area contributed by atoms with Crippen LogP contribution < -0.4 is 5.32 Å². The first-order valence-corrected chi connectivity index (χ1v) is 8.77. The molecule has 130 valence electrons. The van der Waals surface area contributed by atoms with Gasteiger partial charge in [0.05, 0.1) is 31.2 Å². The standard InChI is InChI=1S/C15H14Cl4N2O3/c1-3-6(4-2)20-7(22)5-21-14(23)8-9(15(21)24)11(17)13(19)12(18)10(8)16/h6H,3-5H2,1-2H3,(H,20,22). The van der Waals surface area contributed by atoms with Gasteiger partial charge in [0, 0.05) is 6.04 Å². The second kappa shape index (κ2) is 7.48. The minimum absolute atomic E-state index is 0.0243. The minimum Gasteiger partial charge on any atom is -0.352 e. The number of carbonyl (C=O) groups excluding carboxylic acids is 3. The summed E-state index contributed by atoms with van der Waals surface area (Å²) < 4.78 is 0. The number of benzene rings is 1. The van der Waals surface area contributed by atoms with Gasteiger partial charge in [0.25, 0.3) is 11.8 Å². The van der Waals surface area contributed by atoms with Crippen LogP contribution in [0.25, 0.3) is 0 Å². The van der Waals surface area contributed by atoms with Crippen LogP contribution in [0, 0.1) is 0 Å². The van der Waals surface area contributed by atoms with E-state index in [-0.39, 0.29) is 37.3 Å². The molecule has 24 heavy (non-hydrogen) atoms. The van der Waals surface area contributed by atoms with Gasteiger partial charge in [0.2, 0.25) is 5.91 Å². The fraction of sp³-hybridized carbons (Fsp3) is 0.400. The summed E-state index contributed by atoms with van der Waals surface area (Å²) in [5, 5.41) is 2.25. The molecule has 1 aliphatic heterocycles. The van der Waals surface area contributed by atoms with Gasteiger partial charge in [-0.05, 0) is 12.8 Å². The van der Waals surface area contributed by atoms with E-state index in [2.05, 4.69) is 5.32 Å². The zero-order chi connectivity index (χ0) is 18.2. The van der Waals surface area contributed by atoms with Crippen molar-refractivity contribution in [2.45, 2.75) is 32.7 Å². The number of carbonyl (C=O) groups is 3. The number of rotatable bonds is 5. The molecule has 0 radical (unpaired) electrons. The Morgan fingerprint density at radius 1 is 0.917 bits per heavy atom. The number of imide groups is 1. The number of halogens is 4. The number of nitrogens with one attached hydrogen (secondary N) is 1. The lowest BCUT2D eigenvalue weighted by atomic mass is 10.1. The van der Waals surface area contributed by atoms with Crippen molar-refractivity contribution in [1.82, 2.24) is 10.2 Å². The molecule has 0 saturated heterocycles. The zero-order valence-electron chi connectivity index (χ0n) is 12.9. The third kappa shape index (κ3) is 3.23. The number of hydrogen-bond acceptors (Lipinski definition) is 3. The van der Waals surface area contributed by atoms with Gasteiger partial charge in [-0.1, -0.05) is 60.3 Å². The summed E-state index contributed by atoms with van der Waals surface area (Å²) in [5.41, 5.74) is -0.257. The molecular weight excluding hydrogens is 398 g/mol. The van der Waals surface area contributed by atoms with Crippen LogP contribution in [0.1, 0.15) is 47.4 Å². The van der Waals surface area contributed by atoms with Crippen molar-refractivity contribution < 1.29 is 14.4 Å². The predicted molar refractivity (Wildman–Crippen MR) is 94.4 cm³/mol. The lowest BCUT2D eigenvalue weighted by molar-refractivity contribution is -0.122.